The molecule has 0 bridgehead atoms. The van der Waals surface area contributed by atoms with Crippen LogP contribution in [0.5, 0.6) is 0 Å². The molecule has 0 amide bonds. The summed E-state index contributed by atoms with van der Waals surface area (Å²) in [6.07, 6.45) is 17.2. The molecular weight excluding hydrogens is 362 g/mol. The van der Waals surface area contributed by atoms with Gasteiger partial charge in [0, 0.05) is 12.5 Å². The minimum Gasteiger partial charge on any atom is -0.392 e. The number of aliphatic hydroxyl groups is 2. The molecule has 3 aliphatic rings. The van der Waals surface area contributed by atoms with Gasteiger partial charge in [0.05, 0.1) is 25.4 Å². The Morgan fingerprint density at radius 2 is 2.00 bits per heavy atom. The van der Waals surface area contributed by atoms with E-state index in [1.54, 1.807) is 0 Å². The maximum absolute atomic E-state index is 10.5. The van der Waals surface area contributed by atoms with Gasteiger partial charge in [-0.3, -0.25) is 0 Å². The lowest BCUT2D eigenvalue weighted by molar-refractivity contribution is 0.114. The highest BCUT2D eigenvalue weighted by molar-refractivity contribution is 5.18. The van der Waals surface area contributed by atoms with Crippen LogP contribution in [0.4, 0.5) is 0 Å². The fourth-order valence-corrected chi connectivity index (χ4v) is 5.53. The minimum absolute atomic E-state index is 0.201. The van der Waals surface area contributed by atoms with Crippen molar-refractivity contribution in [3.05, 3.63) is 23.8 Å². The standard InChI is InChI=1S/C25H43NO3/c1-2-3-5-8-22(27)9-10-23-24-18-20(17-21(24)19-25(23)28)11-15-29-16-14-26-12-6-4-7-13-26/h9-11,21-25,27-28H,2-8,12-19H2,1H3/b10-9+,20-11?/t21-,22-,23+,24-,25+/m0/s1. The summed E-state index contributed by atoms with van der Waals surface area (Å²) in [6, 6.07) is 0. The van der Waals surface area contributed by atoms with E-state index < -0.39 is 0 Å². The molecule has 0 unspecified atom stereocenters. The molecule has 2 saturated carbocycles. The second-order valence-corrected chi connectivity index (χ2v) is 9.50. The van der Waals surface area contributed by atoms with Crippen LogP contribution in [0.25, 0.3) is 0 Å². The summed E-state index contributed by atoms with van der Waals surface area (Å²) in [5.74, 6) is 1.33. The summed E-state index contributed by atoms with van der Waals surface area (Å²) >= 11 is 0. The van der Waals surface area contributed by atoms with Crippen LogP contribution in [-0.4, -0.2) is 60.2 Å². The van der Waals surface area contributed by atoms with Gasteiger partial charge in [0.2, 0.25) is 0 Å². The van der Waals surface area contributed by atoms with Gasteiger partial charge in [-0.2, -0.15) is 0 Å². The average Bonchev–Trinajstić information content (AvgIpc) is 3.23. The molecule has 3 fully saturated rings. The Bertz CT molecular complexity index is 526. The Hall–Kier alpha value is -0.680. The Balaban J connectivity index is 1.38. The van der Waals surface area contributed by atoms with Crippen molar-refractivity contribution in [1.29, 1.82) is 0 Å². The summed E-state index contributed by atoms with van der Waals surface area (Å²) in [7, 11) is 0. The monoisotopic (exact) mass is 405 g/mol. The zero-order valence-corrected chi connectivity index (χ0v) is 18.5. The lowest BCUT2D eigenvalue weighted by Crippen LogP contribution is -2.32. The van der Waals surface area contributed by atoms with E-state index in [0.29, 0.717) is 11.8 Å². The molecule has 166 valence electrons. The molecule has 29 heavy (non-hydrogen) atoms. The van der Waals surface area contributed by atoms with Crippen molar-refractivity contribution in [1.82, 2.24) is 4.90 Å². The van der Waals surface area contributed by atoms with Gasteiger partial charge < -0.3 is 19.8 Å². The minimum atomic E-state index is -0.363. The molecule has 2 N–H and O–H groups in total. The van der Waals surface area contributed by atoms with Crippen molar-refractivity contribution in [2.75, 3.05) is 32.8 Å². The number of allylic oxidation sites excluding steroid dienone is 1. The summed E-state index contributed by atoms with van der Waals surface area (Å²) in [5.41, 5.74) is 1.51. The van der Waals surface area contributed by atoms with Gasteiger partial charge in [0.25, 0.3) is 0 Å². The number of likely N-dealkylation sites (tertiary alicyclic amines) is 1. The topological polar surface area (TPSA) is 52.9 Å². The highest BCUT2D eigenvalue weighted by Gasteiger charge is 2.44. The van der Waals surface area contributed by atoms with E-state index in [0.717, 1.165) is 51.9 Å². The van der Waals surface area contributed by atoms with Gasteiger partial charge in [-0.15, -0.1) is 0 Å². The normalized spacial score (nSPS) is 33.0. The van der Waals surface area contributed by atoms with E-state index in [2.05, 4.69) is 24.0 Å². The molecule has 2 aliphatic carbocycles. The number of fused-ring (bicyclic) bond motifs is 1. The zero-order chi connectivity index (χ0) is 20.5. The summed E-state index contributed by atoms with van der Waals surface area (Å²) in [5, 5.41) is 20.7. The number of piperidine rings is 1. The van der Waals surface area contributed by atoms with E-state index in [9.17, 15) is 10.2 Å². The van der Waals surface area contributed by atoms with E-state index >= 15 is 0 Å². The first kappa shape index (κ1) is 23.0. The number of unbranched alkanes of at least 4 members (excludes halogenated alkanes) is 2. The third kappa shape index (κ3) is 7.20. The highest BCUT2D eigenvalue weighted by atomic mass is 16.5. The second-order valence-electron chi connectivity index (χ2n) is 9.50. The highest BCUT2D eigenvalue weighted by Crippen LogP contribution is 2.50. The first-order chi connectivity index (χ1) is 14.2. The molecule has 4 heteroatoms. The third-order valence-corrected chi connectivity index (χ3v) is 7.26. The van der Waals surface area contributed by atoms with Crippen molar-refractivity contribution in [3.8, 4) is 0 Å². The van der Waals surface area contributed by atoms with E-state index in [1.165, 1.54) is 50.8 Å². The van der Waals surface area contributed by atoms with Gasteiger partial charge in [-0.25, -0.2) is 0 Å². The largest absolute Gasteiger partial charge is 0.392 e. The van der Waals surface area contributed by atoms with Crippen LogP contribution in [0.3, 0.4) is 0 Å². The predicted octanol–water partition coefficient (Wildman–Crippen LogP) is 4.32. The number of hydrogen-bond acceptors (Lipinski definition) is 4. The molecule has 0 aromatic carbocycles. The molecule has 0 aromatic heterocycles. The van der Waals surface area contributed by atoms with Gasteiger partial charge in [0.1, 0.15) is 0 Å². The second kappa shape index (κ2) is 12.2. The average molecular weight is 406 g/mol. The fraction of sp³-hybridized carbons (Fsp3) is 0.840. The van der Waals surface area contributed by atoms with Crippen molar-refractivity contribution in [3.63, 3.8) is 0 Å². The lowest BCUT2D eigenvalue weighted by atomic mass is 9.90. The van der Waals surface area contributed by atoms with Gasteiger partial charge in [-0.1, -0.05) is 56.4 Å². The Kier molecular flexibility index (Phi) is 9.71. The smallest absolute Gasteiger partial charge is 0.0721 e. The van der Waals surface area contributed by atoms with Crippen LogP contribution in [0.15, 0.2) is 23.8 Å². The first-order valence-corrected chi connectivity index (χ1v) is 12.2. The molecular formula is C25H43NO3. The maximum Gasteiger partial charge on any atom is 0.0721 e. The first-order valence-electron chi connectivity index (χ1n) is 12.2. The van der Waals surface area contributed by atoms with Crippen LogP contribution < -0.4 is 0 Å². The number of nitrogens with zero attached hydrogens (tertiary/aromatic N) is 1. The van der Waals surface area contributed by atoms with Crippen LogP contribution in [0.2, 0.25) is 0 Å². The maximum atomic E-state index is 10.5. The Labute approximate surface area is 178 Å². The third-order valence-electron chi connectivity index (χ3n) is 7.26. The zero-order valence-electron chi connectivity index (χ0n) is 18.5. The molecule has 3 rings (SSSR count). The molecule has 0 spiro atoms. The van der Waals surface area contributed by atoms with Crippen molar-refractivity contribution in [2.45, 2.75) is 83.3 Å². The molecule has 1 aliphatic heterocycles. The summed E-state index contributed by atoms with van der Waals surface area (Å²) in [4.78, 5) is 2.52. The Morgan fingerprint density at radius 3 is 2.79 bits per heavy atom. The molecule has 1 saturated heterocycles. The van der Waals surface area contributed by atoms with E-state index in [1.807, 2.05) is 6.08 Å². The molecule has 4 nitrogen and oxygen atoms in total. The molecule has 1 heterocycles. The van der Waals surface area contributed by atoms with Crippen LogP contribution in [-0.2, 0) is 4.74 Å². The lowest BCUT2D eigenvalue weighted by Gasteiger charge is -2.25. The quantitative estimate of drug-likeness (QED) is 0.397. The van der Waals surface area contributed by atoms with Gasteiger partial charge in [-0.05, 0) is 63.5 Å². The van der Waals surface area contributed by atoms with Crippen molar-refractivity contribution >= 4 is 0 Å². The molecule has 0 radical (unpaired) electrons. The van der Waals surface area contributed by atoms with Crippen molar-refractivity contribution < 1.29 is 14.9 Å². The van der Waals surface area contributed by atoms with Gasteiger partial charge >= 0.3 is 0 Å². The Morgan fingerprint density at radius 1 is 1.17 bits per heavy atom. The number of ether oxygens (including phenoxy) is 1. The SMILES string of the molecule is CCCCC[C@H](O)/C=C/[C@@H]1[C@H]2CC(=CCOCCN3CCCCC3)C[C@H]2C[C@H]1O. The van der Waals surface area contributed by atoms with Crippen LogP contribution in [0, 0.1) is 17.8 Å². The molecule has 0 aromatic rings. The summed E-state index contributed by atoms with van der Waals surface area (Å²) in [6.45, 7) is 7.27. The predicted molar refractivity (Wildman–Crippen MR) is 119 cm³/mol. The molecule has 5 atom stereocenters. The van der Waals surface area contributed by atoms with Crippen LogP contribution in [0.1, 0.15) is 71.1 Å². The van der Waals surface area contributed by atoms with E-state index in [4.69, 9.17) is 4.74 Å². The van der Waals surface area contributed by atoms with Crippen LogP contribution >= 0.6 is 0 Å². The fourth-order valence-electron chi connectivity index (χ4n) is 5.53. The van der Waals surface area contributed by atoms with E-state index in [-0.39, 0.29) is 18.1 Å². The van der Waals surface area contributed by atoms with Crippen molar-refractivity contribution in [2.24, 2.45) is 17.8 Å². The number of rotatable bonds is 11. The number of aliphatic hydroxyl groups excluding tert-OH is 2. The van der Waals surface area contributed by atoms with Gasteiger partial charge in [0.15, 0.2) is 0 Å². The number of hydrogen-bond donors (Lipinski definition) is 2. The summed E-state index contributed by atoms with van der Waals surface area (Å²) < 4.78 is 5.88.